The summed E-state index contributed by atoms with van der Waals surface area (Å²) in [6, 6.07) is -0.0886. The van der Waals surface area contributed by atoms with Crippen molar-refractivity contribution in [2.75, 3.05) is 0 Å². The summed E-state index contributed by atoms with van der Waals surface area (Å²) in [7, 11) is 0. The van der Waals surface area contributed by atoms with Crippen LogP contribution in [0.1, 0.15) is 39.0 Å². The first kappa shape index (κ1) is 13.0. The Labute approximate surface area is 95.4 Å². The molecule has 0 heterocycles. The van der Waals surface area contributed by atoms with Gasteiger partial charge in [-0.05, 0) is 25.7 Å². The normalized spacial score (nSPS) is 26.4. The highest BCUT2D eigenvalue weighted by Gasteiger charge is 2.30. The molecule has 1 aliphatic carbocycles. The Bertz CT molecular complexity index is 268. The number of carboxylic acids is 1. The van der Waals surface area contributed by atoms with Crippen LogP contribution in [0, 0.1) is 5.92 Å². The maximum atomic E-state index is 11.5. The van der Waals surface area contributed by atoms with Crippen LogP contribution in [0.2, 0.25) is 0 Å². The average molecular weight is 228 g/mol. The van der Waals surface area contributed by atoms with Crippen LogP contribution < -0.4 is 11.1 Å². The fraction of sp³-hybridized carbons (Fsp3) is 0.818. The van der Waals surface area contributed by atoms with E-state index in [0.29, 0.717) is 19.3 Å². The zero-order chi connectivity index (χ0) is 12.1. The van der Waals surface area contributed by atoms with Crippen LogP contribution in [0.25, 0.3) is 0 Å². The third-order valence-electron chi connectivity index (χ3n) is 3.12. The molecule has 1 rings (SSSR count). The Balaban J connectivity index is 2.28. The second kappa shape index (κ2) is 5.84. The van der Waals surface area contributed by atoms with Gasteiger partial charge in [-0.3, -0.25) is 9.59 Å². The molecule has 0 aromatic carbocycles. The van der Waals surface area contributed by atoms with Crippen molar-refractivity contribution in [1.82, 2.24) is 5.32 Å². The molecule has 4 N–H and O–H groups in total. The number of hydrogen-bond donors (Lipinski definition) is 3. The highest BCUT2D eigenvalue weighted by Crippen LogP contribution is 2.25. The quantitative estimate of drug-likeness (QED) is 0.638. The summed E-state index contributed by atoms with van der Waals surface area (Å²) in [5.74, 6) is -1.13. The van der Waals surface area contributed by atoms with E-state index in [1.165, 1.54) is 0 Å². The predicted molar refractivity (Wildman–Crippen MR) is 59.8 cm³/mol. The van der Waals surface area contributed by atoms with Gasteiger partial charge in [0, 0.05) is 18.5 Å². The molecule has 0 radical (unpaired) electrons. The Hall–Kier alpha value is -1.10. The summed E-state index contributed by atoms with van der Waals surface area (Å²) in [6.45, 7) is 1.94. The minimum Gasteiger partial charge on any atom is -0.481 e. The van der Waals surface area contributed by atoms with Crippen LogP contribution in [-0.2, 0) is 9.59 Å². The molecule has 0 saturated heterocycles. The van der Waals surface area contributed by atoms with E-state index in [1.807, 2.05) is 6.92 Å². The molecule has 0 aromatic rings. The van der Waals surface area contributed by atoms with Gasteiger partial charge in [0.1, 0.15) is 0 Å². The number of hydrogen-bond acceptors (Lipinski definition) is 3. The molecule has 0 spiro atoms. The number of nitrogens with two attached hydrogens (primary N) is 1. The molecule has 1 amide bonds. The summed E-state index contributed by atoms with van der Waals surface area (Å²) in [6.07, 6.45) is 3.05. The number of amides is 1. The van der Waals surface area contributed by atoms with Crippen molar-refractivity contribution in [2.24, 2.45) is 11.7 Å². The monoisotopic (exact) mass is 228 g/mol. The van der Waals surface area contributed by atoms with Gasteiger partial charge in [0.25, 0.3) is 0 Å². The van der Waals surface area contributed by atoms with Gasteiger partial charge in [0.15, 0.2) is 0 Å². The maximum absolute atomic E-state index is 11.5. The number of rotatable bonds is 5. The molecule has 5 nitrogen and oxygen atoms in total. The zero-order valence-electron chi connectivity index (χ0n) is 9.61. The van der Waals surface area contributed by atoms with Crippen LogP contribution >= 0.6 is 0 Å². The van der Waals surface area contributed by atoms with Crippen molar-refractivity contribution in [1.29, 1.82) is 0 Å². The van der Waals surface area contributed by atoms with E-state index in [9.17, 15) is 9.59 Å². The minimum absolute atomic E-state index is 0.0117. The van der Waals surface area contributed by atoms with Gasteiger partial charge in [0.2, 0.25) is 5.91 Å². The van der Waals surface area contributed by atoms with E-state index >= 15 is 0 Å². The zero-order valence-corrected chi connectivity index (χ0v) is 9.61. The van der Waals surface area contributed by atoms with Crippen molar-refractivity contribution in [3.8, 4) is 0 Å². The van der Waals surface area contributed by atoms with E-state index in [-0.39, 0.29) is 23.9 Å². The Morgan fingerprint density at radius 3 is 2.69 bits per heavy atom. The summed E-state index contributed by atoms with van der Waals surface area (Å²) < 4.78 is 0. The second-order valence-electron chi connectivity index (χ2n) is 4.49. The lowest BCUT2D eigenvalue weighted by Gasteiger charge is -2.14. The molecular formula is C11H20N2O3. The predicted octanol–water partition coefficient (Wildman–Crippen LogP) is 0.483. The highest BCUT2D eigenvalue weighted by atomic mass is 16.4. The summed E-state index contributed by atoms with van der Waals surface area (Å²) >= 11 is 0. The van der Waals surface area contributed by atoms with Gasteiger partial charge in [-0.25, -0.2) is 0 Å². The first-order valence-corrected chi connectivity index (χ1v) is 5.80. The van der Waals surface area contributed by atoms with Gasteiger partial charge in [-0.1, -0.05) is 6.92 Å². The van der Waals surface area contributed by atoms with E-state index < -0.39 is 5.97 Å². The van der Waals surface area contributed by atoms with Crippen molar-refractivity contribution in [3.63, 3.8) is 0 Å². The van der Waals surface area contributed by atoms with Crippen molar-refractivity contribution < 1.29 is 14.7 Å². The number of carboxylic acid groups (broad SMARTS) is 1. The topological polar surface area (TPSA) is 92.4 Å². The number of nitrogens with one attached hydrogen (secondary N) is 1. The lowest BCUT2D eigenvalue weighted by molar-refractivity contribution is -0.141. The van der Waals surface area contributed by atoms with Crippen LogP contribution in [0.15, 0.2) is 0 Å². The largest absolute Gasteiger partial charge is 0.481 e. The molecule has 3 unspecified atom stereocenters. The van der Waals surface area contributed by atoms with E-state index in [4.69, 9.17) is 10.8 Å². The Morgan fingerprint density at radius 2 is 2.19 bits per heavy atom. The van der Waals surface area contributed by atoms with Crippen molar-refractivity contribution in [3.05, 3.63) is 0 Å². The number of aliphatic carboxylic acids is 1. The molecule has 0 aliphatic heterocycles. The van der Waals surface area contributed by atoms with Crippen LogP contribution in [-0.4, -0.2) is 29.1 Å². The molecule has 1 aliphatic rings. The molecule has 0 aromatic heterocycles. The standard InChI is InChI=1S/C11H20N2O3/c1-2-8(12)6-10(14)13-9-4-3-7(5-9)11(15)16/h7-9H,2-6,12H2,1H3,(H,13,14)(H,15,16). The summed E-state index contributed by atoms with van der Waals surface area (Å²) in [5, 5.41) is 11.7. The second-order valence-corrected chi connectivity index (χ2v) is 4.49. The third-order valence-corrected chi connectivity index (χ3v) is 3.12. The van der Waals surface area contributed by atoms with Gasteiger partial charge in [0.05, 0.1) is 5.92 Å². The van der Waals surface area contributed by atoms with Crippen molar-refractivity contribution in [2.45, 2.75) is 51.1 Å². The van der Waals surface area contributed by atoms with Crippen molar-refractivity contribution >= 4 is 11.9 Å². The fourth-order valence-corrected chi connectivity index (χ4v) is 2.01. The maximum Gasteiger partial charge on any atom is 0.306 e. The van der Waals surface area contributed by atoms with E-state index in [1.54, 1.807) is 0 Å². The molecule has 1 saturated carbocycles. The van der Waals surface area contributed by atoms with Crippen LogP contribution in [0.5, 0.6) is 0 Å². The molecule has 16 heavy (non-hydrogen) atoms. The van der Waals surface area contributed by atoms with Gasteiger partial charge in [-0.15, -0.1) is 0 Å². The fourth-order valence-electron chi connectivity index (χ4n) is 2.01. The van der Waals surface area contributed by atoms with Gasteiger partial charge < -0.3 is 16.2 Å². The molecule has 5 heteroatoms. The molecular weight excluding hydrogens is 208 g/mol. The molecule has 1 fully saturated rings. The SMILES string of the molecule is CCC(N)CC(=O)NC1CCC(C(=O)O)C1. The summed E-state index contributed by atoms with van der Waals surface area (Å²) in [5.41, 5.74) is 5.67. The minimum atomic E-state index is -0.762. The lowest BCUT2D eigenvalue weighted by Crippen LogP contribution is -2.37. The molecule has 0 bridgehead atoms. The molecule has 3 atom stereocenters. The van der Waals surface area contributed by atoms with Gasteiger partial charge >= 0.3 is 5.97 Å². The Morgan fingerprint density at radius 1 is 1.50 bits per heavy atom. The number of carbonyl (C=O) groups is 2. The first-order chi connectivity index (χ1) is 7.52. The highest BCUT2D eigenvalue weighted by molar-refractivity contribution is 5.77. The molecule has 92 valence electrons. The van der Waals surface area contributed by atoms with E-state index in [0.717, 1.165) is 12.8 Å². The summed E-state index contributed by atoms with van der Waals surface area (Å²) in [4.78, 5) is 22.2. The first-order valence-electron chi connectivity index (χ1n) is 5.80. The van der Waals surface area contributed by atoms with Gasteiger partial charge in [-0.2, -0.15) is 0 Å². The number of carbonyl (C=O) groups excluding carboxylic acids is 1. The van der Waals surface area contributed by atoms with Crippen LogP contribution in [0.3, 0.4) is 0 Å². The Kier molecular flexibility index (Phi) is 4.73. The average Bonchev–Trinajstić information content (AvgIpc) is 2.65. The lowest BCUT2D eigenvalue weighted by atomic mass is 10.1. The van der Waals surface area contributed by atoms with E-state index in [2.05, 4.69) is 5.32 Å². The smallest absolute Gasteiger partial charge is 0.306 e. The third kappa shape index (κ3) is 3.81. The van der Waals surface area contributed by atoms with Crippen LogP contribution in [0.4, 0.5) is 0 Å².